The van der Waals surface area contributed by atoms with Crippen molar-refractivity contribution in [1.29, 1.82) is 0 Å². The van der Waals surface area contributed by atoms with Gasteiger partial charge >= 0.3 is 6.18 Å². The van der Waals surface area contributed by atoms with Gasteiger partial charge in [0.2, 0.25) is 0 Å². The highest BCUT2D eigenvalue weighted by Crippen LogP contribution is 2.29. The Kier molecular flexibility index (Phi) is 5.06. The highest BCUT2D eigenvalue weighted by molar-refractivity contribution is 6.02. The Morgan fingerprint density at radius 3 is 2.62 bits per heavy atom. The molecule has 4 nitrogen and oxygen atoms in total. The monoisotopic (exact) mass is 359 g/mol. The molecule has 0 bridgehead atoms. The lowest BCUT2D eigenvalue weighted by atomic mass is 10.0. The Morgan fingerprint density at radius 1 is 1.12 bits per heavy atom. The fourth-order valence-corrected chi connectivity index (χ4v) is 2.48. The van der Waals surface area contributed by atoms with E-state index in [2.05, 4.69) is 15.5 Å². The number of halogens is 3. The van der Waals surface area contributed by atoms with Gasteiger partial charge in [-0.15, -0.1) is 0 Å². The molecule has 0 radical (unpaired) electrons. The van der Waals surface area contributed by atoms with E-state index in [1.165, 1.54) is 6.07 Å². The third-order valence-electron chi connectivity index (χ3n) is 3.69. The molecule has 0 spiro atoms. The second-order valence-corrected chi connectivity index (χ2v) is 5.43. The molecule has 0 atom stereocenters. The van der Waals surface area contributed by atoms with Crippen molar-refractivity contribution in [2.75, 3.05) is 12.0 Å². The van der Waals surface area contributed by atoms with Crippen LogP contribution < -0.4 is 10.2 Å². The Labute approximate surface area is 148 Å². The third-order valence-corrected chi connectivity index (χ3v) is 3.69. The Morgan fingerprint density at radius 2 is 1.92 bits per heavy atom. The summed E-state index contributed by atoms with van der Waals surface area (Å²) in [5.74, 6) is 0.893. The van der Waals surface area contributed by atoms with E-state index in [9.17, 15) is 13.2 Å². The lowest BCUT2D eigenvalue weighted by Crippen LogP contribution is -2.05. The molecule has 1 aromatic heterocycles. The smallest absolute Gasteiger partial charge is 0.417 e. The maximum absolute atomic E-state index is 12.6. The van der Waals surface area contributed by atoms with Crippen molar-refractivity contribution in [2.24, 2.45) is 5.10 Å². The minimum Gasteiger partial charge on any atom is -0.493 e. The van der Waals surface area contributed by atoms with Crippen molar-refractivity contribution < 1.29 is 17.9 Å². The van der Waals surface area contributed by atoms with Crippen LogP contribution in [0, 0.1) is 0 Å². The van der Waals surface area contributed by atoms with E-state index in [1.54, 1.807) is 6.21 Å². The lowest BCUT2D eigenvalue weighted by Gasteiger charge is -2.10. The number of hydrogen-bond acceptors (Lipinski definition) is 4. The van der Waals surface area contributed by atoms with Gasteiger partial charge in [0.15, 0.2) is 0 Å². The molecule has 3 aromatic rings. The molecule has 1 heterocycles. The number of aromatic nitrogens is 1. The molecule has 7 heteroatoms. The van der Waals surface area contributed by atoms with Crippen LogP contribution in [-0.2, 0) is 6.18 Å². The summed E-state index contributed by atoms with van der Waals surface area (Å²) in [5, 5.41) is 6.09. The maximum atomic E-state index is 12.6. The third kappa shape index (κ3) is 3.93. The van der Waals surface area contributed by atoms with Crippen molar-refractivity contribution in [2.45, 2.75) is 13.1 Å². The fourth-order valence-electron chi connectivity index (χ4n) is 2.48. The average Bonchev–Trinajstić information content (AvgIpc) is 2.63. The maximum Gasteiger partial charge on any atom is 0.417 e. The van der Waals surface area contributed by atoms with Crippen LogP contribution >= 0.6 is 0 Å². The molecule has 0 amide bonds. The molecule has 0 saturated heterocycles. The van der Waals surface area contributed by atoms with E-state index >= 15 is 0 Å². The summed E-state index contributed by atoms with van der Waals surface area (Å²) in [5.41, 5.74) is 2.62. The van der Waals surface area contributed by atoms with E-state index in [0.717, 1.165) is 28.6 Å². The number of pyridine rings is 1. The molecular weight excluding hydrogens is 343 g/mol. The zero-order valence-electron chi connectivity index (χ0n) is 13.9. The van der Waals surface area contributed by atoms with Crippen molar-refractivity contribution in [3.05, 3.63) is 65.9 Å². The molecule has 0 saturated carbocycles. The first-order valence-corrected chi connectivity index (χ1v) is 7.96. The van der Waals surface area contributed by atoms with Crippen LogP contribution in [0.2, 0.25) is 0 Å². The molecule has 26 heavy (non-hydrogen) atoms. The Bertz CT molecular complexity index is 921. The molecule has 2 aromatic carbocycles. The van der Waals surface area contributed by atoms with E-state index in [4.69, 9.17) is 4.74 Å². The number of hydrogen-bond donors (Lipinski definition) is 1. The predicted octanol–water partition coefficient (Wildman–Crippen LogP) is 5.10. The van der Waals surface area contributed by atoms with Gasteiger partial charge in [0, 0.05) is 11.8 Å². The number of nitrogens with zero attached hydrogens (tertiary/aromatic N) is 2. The minimum absolute atomic E-state index is 0.215. The second kappa shape index (κ2) is 7.43. The fraction of sp³-hybridized carbons (Fsp3) is 0.158. The number of benzene rings is 2. The number of fused-ring (bicyclic) bond motifs is 1. The van der Waals surface area contributed by atoms with Gasteiger partial charge in [0.1, 0.15) is 11.6 Å². The number of rotatable bonds is 5. The topological polar surface area (TPSA) is 46.5 Å². The summed E-state index contributed by atoms with van der Waals surface area (Å²) >= 11 is 0. The molecule has 1 N–H and O–H groups in total. The van der Waals surface area contributed by atoms with Gasteiger partial charge in [-0.25, -0.2) is 4.98 Å². The van der Waals surface area contributed by atoms with E-state index in [1.807, 2.05) is 43.3 Å². The quantitative estimate of drug-likeness (QED) is 0.509. The first-order valence-electron chi connectivity index (χ1n) is 7.96. The number of anilines is 1. The Hall–Kier alpha value is -3.09. The van der Waals surface area contributed by atoms with E-state index < -0.39 is 11.7 Å². The zero-order chi connectivity index (χ0) is 18.6. The van der Waals surface area contributed by atoms with Gasteiger partial charge in [-0.05, 0) is 35.9 Å². The molecular formula is C19H16F3N3O. The van der Waals surface area contributed by atoms with Crippen LogP contribution in [0.15, 0.2) is 59.8 Å². The SMILES string of the molecule is CCOc1ccc2ccccc2c1/C=N\Nc1ccc(C(F)(F)F)cn1. The molecule has 3 rings (SSSR count). The van der Waals surface area contributed by atoms with Gasteiger partial charge in [-0.1, -0.05) is 30.3 Å². The van der Waals surface area contributed by atoms with Crippen LogP contribution in [0.25, 0.3) is 10.8 Å². The molecule has 0 fully saturated rings. The minimum atomic E-state index is -4.41. The number of ether oxygens (including phenoxy) is 1. The van der Waals surface area contributed by atoms with Gasteiger partial charge in [-0.3, -0.25) is 5.43 Å². The molecule has 0 unspecified atom stereocenters. The van der Waals surface area contributed by atoms with Crippen molar-refractivity contribution in [1.82, 2.24) is 4.98 Å². The molecule has 0 aliphatic rings. The molecule has 0 aliphatic heterocycles. The van der Waals surface area contributed by atoms with Gasteiger partial charge in [0.05, 0.1) is 18.4 Å². The van der Waals surface area contributed by atoms with Crippen LogP contribution in [0.4, 0.5) is 19.0 Å². The summed E-state index contributed by atoms with van der Waals surface area (Å²) in [4.78, 5) is 3.72. The number of alkyl halides is 3. The van der Waals surface area contributed by atoms with Crippen molar-refractivity contribution in [3.8, 4) is 5.75 Å². The average molecular weight is 359 g/mol. The predicted molar refractivity (Wildman–Crippen MR) is 95.6 cm³/mol. The summed E-state index contributed by atoms with van der Waals surface area (Å²) in [7, 11) is 0. The summed E-state index contributed by atoms with van der Waals surface area (Å²) in [6.07, 6.45) is -2.07. The normalized spacial score (nSPS) is 11.8. The van der Waals surface area contributed by atoms with E-state index in [-0.39, 0.29) is 5.82 Å². The molecule has 0 aliphatic carbocycles. The largest absolute Gasteiger partial charge is 0.493 e. The standard InChI is InChI=1S/C19H16F3N3O/c1-2-26-17-9-7-13-5-3-4-6-15(13)16(17)12-24-25-18-10-8-14(11-23-18)19(20,21)22/h3-12H,2H2,1H3,(H,23,25)/b24-12-. The highest BCUT2D eigenvalue weighted by atomic mass is 19.4. The zero-order valence-corrected chi connectivity index (χ0v) is 13.9. The van der Waals surface area contributed by atoms with Gasteiger partial charge < -0.3 is 4.74 Å². The Balaban J connectivity index is 1.85. The van der Waals surface area contributed by atoms with Crippen LogP contribution in [-0.4, -0.2) is 17.8 Å². The highest BCUT2D eigenvalue weighted by Gasteiger charge is 2.30. The van der Waals surface area contributed by atoms with Crippen molar-refractivity contribution in [3.63, 3.8) is 0 Å². The number of nitrogens with one attached hydrogen (secondary N) is 1. The van der Waals surface area contributed by atoms with Gasteiger partial charge in [-0.2, -0.15) is 18.3 Å². The van der Waals surface area contributed by atoms with Crippen LogP contribution in [0.5, 0.6) is 5.75 Å². The van der Waals surface area contributed by atoms with Crippen LogP contribution in [0.1, 0.15) is 18.1 Å². The summed E-state index contributed by atoms with van der Waals surface area (Å²) < 4.78 is 43.3. The number of hydrazone groups is 1. The molecule has 134 valence electrons. The van der Waals surface area contributed by atoms with Gasteiger partial charge in [0.25, 0.3) is 0 Å². The van der Waals surface area contributed by atoms with Crippen LogP contribution in [0.3, 0.4) is 0 Å². The second-order valence-electron chi connectivity index (χ2n) is 5.43. The summed E-state index contributed by atoms with van der Waals surface area (Å²) in [6.45, 7) is 2.40. The van der Waals surface area contributed by atoms with Crippen molar-refractivity contribution >= 4 is 22.8 Å². The first-order chi connectivity index (χ1) is 12.5. The summed E-state index contributed by atoms with van der Waals surface area (Å²) in [6, 6.07) is 13.8. The lowest BCUT2D eigenvalue weighted by molar-refractivity contribution is -0.137. The first kappa shape index (κ1) is 17.7. The van der Waals surface area contributed by atoms with E-state index in [0.29, 0.717) is 12.4 Å².